The molecule has 0 amide bonds. The van der Waals surface area contributed by atoms with Crippen molar-refractivity contribution in [1.82, 2.24) is 5.32 Å². The van der Waals surface area contributed by atoms with Crippen LogP contribution in [0.15, 0.2) is 16.6 Å². The highest BCUT2D eigenvalue weighted by atomic mass is 79.9. The first kappa shape index (κ1) is 11.0. The van der Waals surface area contributed by atoms with Crippen molar-refractivity contribution in [2.45, 2.75) is 25.8 Å². The van der Waals surface area contributed by atoms with Crippen LogP contribution < -0.4 is 10.1 Å². The zero-order valence-electron chi connectivity index (χ0n) is 9.14. The third kappa shape index (κ3) is 2.04. The summed E-state index contributed by atoms with van der Waals surface area (Å²) in [6.45, 7) is 3.25. The molecule has 0 aliphatic carbocycles. The van der Waals surface area contributed by atoms with Gasteiger partial charge < -0.3 is 10.1 Å². The van der Waals surface area contributed by atoms with Crippen LogP contribution in [-0.4, -0.2) is 13.7 Å². The first-order valence-corrected chi connectivity index (χ1v) is 6.09. The van der Waals surface area contributed by atoms with E-state index in [2.05, 4.69) is 34.2 Å². The van der Waals surface area contributed by atoms with Gasteiger partial charge in [0.2, 0.25) is 0 Å². The Kier molecular flexibility index (Phi) is 3.32. The third-order valence-electron chi connectivity index (χ3n) is 2.98. The van der Waals surface area contributed by atoms with Crippen LogP contribution in [0.2, 0.25) is 0 Å². The van der Waals surface area contributed by atoms with Crippen LogP contribution in [0.3, 0.4) is 0 Å². The molecule has 1 atom stereocenters. The molecule has 15 heavy (non-hydrogen) atoms. The van der Waals surface area contributed by atoms with Crippen molar-refractivity contribution in [2.75, 3.05) is 13.7 Å². The van der Waals surface area contributed by atoms with E-state index in [1.54, 1.807) is 7.11 Å². The maximum Gasteiger partial charge on any atom is 0.138 e. The normalized spacial score (nSPS) is 20.6. The Hall–Kier alpha value is -0.540. The van der Waals surface area contributed by atoms with Crippen molar-refractivity contribution < 1.29 is 4.74 Å². The predicted molar refractivity (Wildman–Crippen MR) is 65.4 cm³/mol. The minimum Gasteiger partial charge on any atom is -0.495 e. The molecule has 1 aromatic carbocycles. The molecule has 1 aliphatic rings. The average Bonchev–Trinajstić information content (AvgIpc) is 2.74. The number of methoxy groups -OCH3 is 1. The standard InChI is InChI=1S/C12H16BrNO/c1-8-5-6-9(13)12(15-2)11(8)10-4-3-7-14-10/h5-6,10,14H,3-4,7H2,1-2H3. The molecule has 1 unspecified atom stereocenters. The van der Waals surface area contributed by atoms with Crippen LogP contribution in [0.4, 0.5) is 0 Å². The van der Waals surface area contributed by atoms with Crippen molar-refractivity contribution in [3.63, 3.8) is 0 Å². The molecule has 0 saturated carbocycles. The van der Waals surface area contributed by atoms with E-state index in [9.17, 15) is 0 Å². The summed E-state index contributed by atoms with van der Waals surface area (Å²) in [4.78, 5) is 0. The van der Waals surface area contributed by atoms with Crippen LogP contribution >= 0.6 is 15.9 Å². The largest absolute Gasteiger partial charge is 0.495 e. The molecule has 1 heterocycles. The fraction of sp³-hybridized carbons (Fsp3) is 0.500. The van der Waals surface area contributed by atoms with Gasteiger partial charge in [-0.2, -0.15) is 0 Å². The van der Waals surface area contributed by atoms with Crippen LogP contribution in [0.25, 0.3) is 0 Å². The highest BCUT2D eigenvalue weighted by Gasteiger charge is 2.22. The summed E-state index contributed by atoms with van der Waals surface area (Å²) in [6.07, 6.45) is 2.45. The zero-order valence-corrected chi connectivity index (χ0v) is 10.7. The molecule has 1 aromatic rings. The van der Waals surface area contributed by atoms with E-state index in [1.165, 1.54) is 24.0 Å². The molecule has 0 spiro atoms. The van der Waals surface area contributed by atoms with Gasteiger partial charge in [0.15, 0.2) is 0 Å². The lowest BCUT2D eigenvalue weighted by molar-refractivity contribution is 0.400. The van der Waals surface area contributed by atoms with E-state index < -0.39 is 0 Å². The molecule has 0 radical (unpaired) electrons. The maximum atomic E-state index is 5.48. The molecule has 82 valence electrons. The lowest BCUT2D eigenvalue weighted by Crippen LogP contribution is -2.15. The summed E-state index contributed by atoms with van der Waals surface area (Å²) >= 11 is 3.54. The van der Waals surface area contributed by atoms with E-state index in [-0.39, 0.29) is 0 Å². The predicted octanol–water partition coefficient (Wildman–Crippen LogP) is 3.19. The van der Waals surface area contributed by atoms with Gasteiger partial charge in [0, 0.05) is 11.6 Å². The number of hydrogen-bond acceptors (Lipinski definition) is 2. The monoisotopic (exact) mass is 269 g/mol. The van der Waals surface area contributed by atoms with Gasteiger partial charge in [-0.15, -0.1) is 0 Å². The van der Waals surface area contributed by atoms with Crippen molar-refractivity contribution in [3.05, 3.63) is 27.7 Å². The smallest absolute Gasteiger partial charge is 0.138 e. The average molecular weight is 270 g/mol. The molecule has 0 aromatic heterocycles. The lowest BCUT2D eigenvalue weighted by atomic mass is 9.99. The van der Waals surface area contributed by atoms with Crippen LogP contribution in [0, 0.1) is 6.92 Å². The second-order valence-corrected chi connectivity index (χ2v) is 4.81. The van der Waals surface area contributed by atoms with Gasteiger partial charge in [0.1, 0.15) is 5.75 Å². The van der Waals surface area contributed by atoms with Gasteiger partial charge >= 0.3 is 0 Å². The fourth-order valence-electron chi connectivity index (χ4n) is 2.24. The van der Waals surface area contributed by atoms with Crippen LogP contribution in [0.5, 0.6) is 5.75 Å². The van der Waals surface area contributed by atoms with E-state index >= 15 is 0 Å². The van der Waals surface area contributed by atoms with Crippen LogP contribution in [-0.2, 0) is 0 Å². The van der Waals surface area contributed by atoms with Crippen molar-refractivity contribution in [3.8, 4) is 5.75 Å². The summed E-state index contributed by atoms with van der Waals surface area (Å²) in [5.41, 5.74) is 2.61. The van der Waals surface area contributed by atoms with Gasteiger partial charge in [-0.05, 0) is 53.9 Å². The molecule has 3 heteroatoms. The topological polar surface area (TPSA) is 21.3 Å². The highest BCUT2D eigenvalue weighted by Crippen LogP contribution is 2.38. The van der Waals surface area contributed by atoms with Gasteiger partial charge in [0.05, 0.1) is 11.6 Å². The van der Waals surface area contributed by atoms with Gasteiger partial charge in [0.25, 0.3) is 0 Å². The van der Waals surface area contributed by atoms with Crippen molar-refractivity contribution >= 4 is 15.9 Å². The Balaban J connectivity index is 2.46. The Morgan fingerprint density at radius 1 is 1.47 bits per heavy atom. The summed E-state index contributed by atoms with van der Waals surface area (Å²) < 4.78 is 6.52. The molecular weight excluding hydrogens is 254 g/mol. The quantitative estimate of drug-likeness (QED) is 0.891. The minimum atomic E-state index is 0.456. The summed E-state index contributed by atoms with van der Waals surface area (Å²) in [5, 5.41) is 3.51. The summed E-state index contributed by atoms with van der Waals surface area (Å²) in [6, 6.07) is 4.65. The number of rotatable bonds is 2. The highest BCUT2D eigenvalue weighted by molar-refractivity contribution is 9.10. The number of halogens is 1. The number of nitrogens with one attached hydrogen (secondary N) is 1. The second-order valence-electron chi connectivity index (χ2n) is 3.96. The molecule has 1 N–H and O–H groups in total. The Bertz CT molecular complexity index is 359. The Labute approximate surface area is 99.1 Å². The summed E-state index contributed by atoms with van der Waals surface area (Å²) in [7, 11) is 1.73. The van der Waals surface area contributed by atoms with Gasteiger partial charge in [-0.3, -0.25) is 0 Å². The number of aryl methyl sites for hydroxylation is 1. The Morgan fingerprint density at radius 2 is 2.27 bits per heavy atom. The minimum absolute atomic E-state index is 0.456. The number of ether oxygens (including phenoxy) is 1. The summed E-state index contributed by atoms with van der Waals surface area (Å²) in [5.74, 6) is 0.981. The van der Waals surface area contributed by atoms with Gasteiger partial charge in [-0.1, -0.05) is 6.07 Å². The molecule has 0 bridgehead atoms. The molecule has 1 fully saturated rings. The second kappa shape index (κ2) is 4.54. The SMILES string of the molecule is COc1c(Br)ccc(C)c1C1CCCN1. The number of hydrogen-bond donors (Lipinski definition) is 1. The molecule has 1 aliphatic heterocycles. The van der Waals surface area contributed by atoms with Crippen LogP contribution in [0.1, 0.15) is 30.0 Å². The third-order valence-corrected chi connectivity index (χ3v) is 3.60. The van der Waals surface area contributed by atoms with Crippen molar-refractivity contribution in [2.24, 2.45) is 0 Å². The molecule has 2 rings (SSSR count). The van der Waals surface area contributed by atoms with E-state index in [0.717, 1.165) is 16.8 Å². The molecule has 1 saturated heterocycles. The fourth-order valence-corrected chi connectivity index (χ4v) is 2.75. The van der Waals surface area contributed by atoms with E-state index in [4.69, 9.17) is 4.74 Å². The van der Waals surface area contributed by atoms with Crippen molar-refractivity contribution in [1.29, 1.82) is 0 Å². The zero-order chi connectivity index (χ0) is 10.8. The van der Waals surface area contributed by atoms with E-state index in [1.807, 2.05) is 6.07 Å². The lowest BCUT2D eigenvalue weighted by Gasteiger charge is -2.18. The number of benzene rings is 1. The molecule has 2 nitrogen and oxygen atoms in total. The van der Waals surface area contributed by atoms with Gasteiger partial charge in [-0.25, -0.2) is 0 Å². The first-order valence-electron chi connectivity index (χ1n) is 5.30. The van der Waals surface area contributed by atoms with E-state index in [0.29, 0.717) is 6.04 Å². The maximum absolute atomic E-state index is 5.48. The first-order chi connectivity index (χ1) is 7.24. The molecular formula is C12H16BrNO. The Morgan fingerprint density at radius 3 is 2.87 bits per heavy atom.